The summed E-state index contributed by atoms with van der Waals surface area (Å²) in [5.41, 5.74) is 0.963. The molecule has 0 spiro atoms. The van der Waals surface area contributed by atoms with E-state index in [-0.39, 0.29) is 28.5 Å². The minimum Gasteiger partial charge on any atom is -0.423 e. The molecule has 11 heteroatoms. The van der Waals surface area contributed by atoms with Crippen molar-refractivity contribution in [2.45, 2.75) is 6.54 Å². The maximum absolute atomic E-state index is 12.8. The Morgan fingerprint density at radius 2 is 1.80 bits per heavy atom. The highest BCUT2D eigenvalue weighted by atomic mass is 35.5. The average Bonchev–Trinajstić information content (AvgIpc) is 3.09. The van der Waals surface area contributed by atoms with Crippen LogP contribution in [0.3, 0.4) is 0 Å². The first-order valence-corrected chi connectivity index (χ1v) is 11.5. The van der Waals surface area contributed by atoms with E-state index in [1.807, 2.05) is 0 Å². The normalized spacial score (nSPS) is 14.5. The minimum absolute atomic E-state index is 0.0213. The largest absolute Gasteiger partial charge is 0.423 e. The fourth-order valence-corrected chi connectivity index (χ4v) is 4.35. The number of esters is 1. The number of benzene rings is 3. The molecule has 2 amide bonds. The molecule has 1 aliphatic heterocycles. The number of imide groups is 1. The monoisotopic (exact) mass is 528 g/mol. The molecule has 3 aromatic carbocycles. The SMILES string of the molecule is O=C(Oc1cccc(/C=C2\SC(=O)N(Cc3ccc(Cl)c(Cl)c3)C2=O)c1)c1cccc([N+](=O)[O-])c1. The van der Waals surface area contributed by atoms with Crippen LogP contribution in [0.2, 0.25) is 10.0 Å². The third kappa shape index (κ3) is 5.71. The van der Waals surface area contributed by atoms with Crippen LogP contribution in [0.15, 0.2) is 71.6 Å². The van der Waals surface area contributed by atoms with Gasteiger partial charge >= 0.3 is 5.97 Å². The maximum Gasteiger partial charge on any atom is 0.343 e. The molecule has 8 nitrogen and oxygen atoms in total. The lowest BCUT2D eigenvalue weighted by atomic mass is 10.2. The van der Waals surface area contributed by atoms with Gasteiger partial charge in [-0.15, -0.1) is 0 Å². The first-order valence-electron chi connectivity index (χ1n) is 9.97. The Kier molecular flexibility index (Phi) is 7.20. The molecule has 35 heavy (non-hydrogen) atoms. The second kappa shape index (κ2) is 10.3. The van der Waals surface area contributed by atoms with Crippen LogP contribution < -0.4 is 4.74 Å². The number of non-ortho nitro benzene ring substituents is 1. The van der Waals surface area contributed by atoms with Crippen molar-refractivity contribution in [2.75, 3.05) is 0 Å². The number of nitrogens with zero attached hydrogens (tertiary/aromatic N) is 2. The quantitative estimate of drug-likeness (QED) is 0.120. The Morgan fingerprint density at radius 1 is 1.03 bits per heavy atom. The number of rotatable bonds is 6. The molecule has 4 rings (SSSR count). The number of amides is 2. The zero-order valence-electron chi connectivity index (χ0n) is 17.6. The van der Waals surface area contributed by atoms with Crippen molar-refractivity contribution in [1.82, 2.24) is 4.90 Å². The lowest BCUT2D eigenvalue weighted by Gasteiger charge is -2.13. The van der Waals surface area contributed by atoms with Crippen LogP contribution in [0.25, 0.3) is 6.08 Å². The van der Waals surface area contributed by atoms with Gasteiger partial charge in [0.15, 0.2) is 0 Å². The Labute approximate surface area is 213 Å². The predicted octanol–water partition coefficient (Wildman–Crippen LogP) is 6.36. The van der Waals surface area contributed by atoms with Gasteiger partial charge in [-0.2, -0.15) is 0 Å². The van der Waals surface area contributed by atoms with E-state index in [1.54, 1.807) is 30.3 Å². The van der Waals surface area contributed by atoms with Crippen molar-refractivity contribution < 1.29 is 24.0 Å². The van der Waals surface area contributed by atoms with Crippen molar-refractivity contribution >= 4 is 63.8 Å². The minimum atomic E-state index is -0.771. The van der Waals surface area contributed by atoms with Gasteiger partial charge in [0.1, 0.15) is 5.75 Å². The number of carbonyl (C=O) groups excluding carboxylic acids is 3. The van der Waals surface area contributed by atoms with Gasteiger partial charge in [0.05, 0.1) is 32.0 Å². The summed E-state index contributed by atoms with van der Waals surface area (Å²) in [6.07, 6.45) is 1.52. The molecule has 1 heterocycles. The van der Waals surface area contributed by atoms with E-state index in [4.69, 9.17) is 27.9 Å². The predicted molar refractivity (Wildman–Crippen MR) is 132 cm³/mol. The molecule has 3 aromatic rings. The highest BCUT2D eigenvalue weighted by molar-refractivity contribution is 8.18. The number of hydrogen-bond donors (Lipinski definition) is 0. The van der Waals surface area contributed by atoms with E-state index in [9.17, 15) is 24.5 Å². The van der Waals surface area contributed by atoms with Crippen LogP contribution in [0, 0.1) is 10.1 Å². The molecule has 1 saturated heterocycles. The zero-order chi connectivity index (χ0) is 25.1. The van der Waals surface area contributed by atoms with Crippen molar-refractivity contribution in [1.29, 1.82) is 0 Å². The first kappa shape index (κ1) is 24.5. The molecule has 1 aliphatic rings. The Morgan fingerprint density at radius 3 is 2.54 bits per heavy atom. The Bertz CT molecular complexity index is 1410. The number of thioether (sulfide) groups is 1. The van der Waals surface area contributed by atoms with E-state index in [1.165, 1.54) is 36.4 Å². The number of halogens is 2. The fraction of sp³-hybridized carbons (Fsp3) is 0.0417. The lowest BCUT2D eigenvalue weighted by Crippen LogP contribution is -2.27. The summed E-state index contributed by atoms with van der Waals surface area (Å²) in [6.45, 7) is 0.0414. The van der Waals surface area contributed by atoms with E-state index in [2.05, 4.69) is 0 Å². The van der Waals surface area contributed by atoms with Crippen molar-refractivity contribution in [3.8, 4) is 5.75 Å². The van der Waals surface area contributed by atoms with Crippen LogP contribution in [0.4, 0.5) is 10.5 Å². The maximum atomic E-state index is 12.8. The van der Waals surface area contributed by atoms with Crippen LogP contribution in [-0.4, -0.2) is 26.9 Å². The topological polar surface area (TPSA) is 107 Å². The molecular weight excluding hydrogens is 515 g/mol. The van der Waals surface area contributed by atoms with Crippen molar-refractivity contribution in [3.05, 3.63) is 108 Å². The van der Waals surface area contributed by atoms with Gasteiger partial charge in [0.2, 0.25) is 0 Å². The molecule has 0 aromatic heterocycles. The number of ether oxygens (including phenoxy) is 1. The highest BCUT2D eigenvalue weighted by Gasteiger charge is 2.35. The summed E-state index contributed by atoms with van der Waals surface area (Å²) < 4.78 is 5.33. The molecule has 176 valence electrons. The number of hydrogen-bond acceptors (Lipinski definition) is 7. The standard InChI is InChI=1S/C24H14Cl2N2O6S/c25-19-8-7-15(10-20(19)26)13-27-22(29)21(35-24(27)31)11-14-3-1-6-18(9-14)34-23(30)16-4-2-5-17(12-16)28(32)33/h1-12H,13H2/b21-11-. The number of nitro benzene ring substituents is 1. The van der Waals surface area contributed by atoms with Gasteiger partial charge in [0, 0.05) is 12.1 Å². The molecule has 0 saturated carbocycles. The van der Waals surface area contributed by atoms with E-state index >= 15 is 0 Å². The molecular formula is C24H14Cl2N2O6S. The smallest absolute Gasteiger partial charge is 0.343 e. The molecule has 1 fully saturated rings. The van der Waals surface area contributed by atoms with Crippen molar-refractivity contribution in [3.63, 3.8) is 0 Å². The molecule has 0 N–H and O–H groups in total. The van der Waals surface area contributed by atoms with Gasteiger partial charge in [-0.25, -0.2) is 4.79 Å². The van der Waals surface area contributed by atoms with Crippen LogP contribution in [0.5, 0.6) is 5.75 Å². The first-order chi connectivity index (χ1) is 16.7. The average molecular weight is 529 g/mol. The molecule has 0 radical (unpaired) electrons. The van der Waals surface area contributed by atoms with E-state index in [0.29, 0.717) is 21.2 Å². The zero-order valence-corrected chi connectivity index (χ0v) is 20.0. The van der Waals surface area contributed by atoms with E-state index < -0.39 is 22.0 Å². The molecule has 0 bridgehead atoms. The van der Waals surface area contributed by atoms with Crippen LogP contribution in [0.1, 0.15) is 21.5 Å². The Hall–Kier alpha value is -3.66. The van der Waals surface area contributed by atoms with Gasteiger partial charge in [0.25, 0.3) is 16.8 Å². The summed E-state index contributed by atoms with van der Waals surface area (Å²) in [4.78, 5) is 49.3. The third-order valence-corrected chi connectivity index (χ3v) is 6.50. The molecule has 0 aliphatic carbocycles. The summed E-state index contributed by atoms with van der Waals surface area (Å²) in [7, 11) is 0. The van der Waals surface area contributed by atoms with Gasteiger partial charge in [-0.3, -0.25) is 24.6 Å². The summed E-state index contributed by atoms with van der Waals surface area (Å²) in [5.74, 6) is -1.07. The van der Waals surface area contributed by atoms with Crippen molar-refractivity contribution in [2.24, 2.45) is 0 Å². The van der Waals surface area contributed by atoms with Gasteiger partial charge in [-0.1, -0.05) is 47.5 Å². The third-order valence-electron chi connectivity index (χ3n) is 4.86. The number of carbonyl (C=O) groups is 3. The van der Waals surface area contributed by atoms with Gasteiger partial charge in [-0.05, 0) is 59.3 Å². The van der Waals surface area contributed by atoms with Crippen LogP contribution >= 0.6 is 35.0 Å². The fourth-order valence-electron chi connectivity index (χ4n) is 3.19. The molecule has 0 unspecified atom stereocenters. The lowest BCUT2D eigenvalue weighted by molar-refractivity contribution is -0.384. The van der Waals surface area contributed by atoms with Gasteiger partial charge < -0.3 is 4.74 Å². The highest BCUT2D eigenvalue weighted by Crippen LogP contribution is 2.34. The summed E-state index contributed by atoms with van der Waals surface area (Å²) in [5, 5.41) is 11.2. The summed E-state index contributed by atoms with van der Waals surface area (Å²) in [6, 6.07) is 16.4. The Balaban J connectivity index is 1.49. The van der Waals surface area contributed by atoms with E-state index in [0.717, 1.165) is 22.7 Å². The second-order valence-corrected chi connectivity index (χ2v) is 9.09. The second-order valence-electron chi connectivity index (χ2n) is 7.29. The number of nitro groups is 1. The van der Waals surface area contributed by atoms with Crippen LogP contribution in [-0.2, 0) is 11.3 Å². The summed E-state index contributed by atoms with van der Waals surface area (Å²) >= 11 is 12.7. The molecule has 0 atom stereocenters.